The third kappa shape index (κ3) is 7.67. The minimum atomic E-state index is -2.91. The molecule has 0 bridgehead atoms. The SMILES string of the molecule is CCCS(=O)c1ncc(NCc2cccc(O)c2O)cc1C.Nc1nc(-c2ccc(C(F)F)c(F)c2)c(F)s1. The minimum absolute atomic E-state index is 0.00385. The largest absolute Gasteiger partial charge is 0.504 e. The van der Waals surface area contributed by atoms with Gasteiger partial charge in [-0.05, 0) is 43.2 Å². The fourth-order valence-electron chi connectivity index (χ4n) is 3.44. The van der Waals surface area contributed by atoms with Gasteiger partial charge in [0.1, 0.15) is 16.5 Å². The summed E-state index contributed by atoms with van der Waals surface area (Å²) in [6.45, 7) is 4.23. The summed E-state index contributed by atoms with van der Waals surface area (Å²) in [5, 5.41) is 22.3. The van der Waals surface area contributed by atoms with E-state index in [4.69, 9.17) is 5.73 Å². The molecule has 0 spiro atoms. The van der Waals surface area contributed by atoms with E-state index in [2.05, 4.69) is 15.3 Å². The number of anilines is 2. The second-order valence-electron chi connectivity index (χ2n) is 8.25. The first-order valence-corrected chi connectivity index (χ1v) is 13.7. The number of benzene rings is 2. The number of halogens is 4. The first-order chi connectivity index (χ1) is 18.5. The van der Waals surface area contributed by atoms with E-state index in [0.717, 1.165) is 29.8 Å². The van der Waals surface area contributed by atoms with Gasteiger partial charge in [0.2, 0.25) is 5.13 Å². The van der Waals surface area contributed by atoms with E-state index in [-0.39, 0.29) is 27.9 Å². The van der Waals surface area contributed by atoms with E-state index in [0.29, 0.717) is 34.2 Å². The number of para-hydroxylation sites is 1. The molecule has 0 radical (unpaired) electrons. The second-order valence-corrected chi connectivity index (χ2v) is 10.7. The Labute approximate surface area is 228 Å². The molecule has 2 aromatic heterocycles. The molecule has 0 aliphatic rings. The number of pyridine rings is 1. The van der Waals surface area contributed by atoms with Gasteiger partial charge in [0.25, 0.3) is 6.43 Å². The summed E-state index contributed by atoms with van der Waals surface area (Å²) in [5.41, 5.74) is 6.75. The van der Waals surface area contributed by atoms with Crippen molar-refractivity contribution in [3.05, 3.63) is 76.3 Å². The Morgan fingerprint density at radius 1 is 1.15 bits per heavy atom. The van der Waals surface area contributed by atoms with Gasteiger partial charge in [0.05, 0.1) is 28.2 Å². The number of alkyl halides is 2. The van der Waals surface area contributed by atoms with Crippen molar-refractivity contribution in [3.63, 3.8) is 0 Å². The van der Waals surface area contributed by atoms with Crippen molar-refractivity contribution >= 4 is 33.0 Å². The highest BCUT2D eigenvalue weighted by atomic mass is 32.2. The summed E-state index contributed by atoms with van der Waals surface area (Å²) in [4.78, 5) is 7.94. The lowest BCUT2D eigenvalue weighted by atomic mass is 10.1. The lowest BCUT2D eigenvalue weighted by Crippen LogP contribution is -2.05. The van der Waals surface area contributed by atoms with E-state index in [1.54, 1.807) is 18.3 Å². The van der Waals surface area contributed by atoms with Crippen LogP contribution in [0, 0.1) is 17.9 Å². The summed E-state index contributed by atoms with van der Waals surface area (Å²) < 4.78 is 63.2. The zero-order valence-corrected chi connectivity index (χ0v) is 22.6. The number of hydrogen-bond acceptors (Lipinski definition) is 8. The van der Waals surface area contributed by atoms with Crippen molar-refractivity contribution in [2.75, 3.05) is 16.8 Å². The zero-order chi connectivity index (χ0) is 28.7. The first kappa shape index (κ1) is 29.8. The van der Waals surface area contributed by atoms with E-state index in [1.165, 1.54) is 12.1 Å². The number of aromatic hydroxyl groups is 2. The summed E-state index contributed by atoms with van der Waals surface area (Å²) in [6.07, 6.45) is -0.422. The second kappa shape index (κ2) is 13.4. The molecule has 4 aromatic rings. The number of rotatable bonds is 8. The smallest absolute Gasteiger partial charge is 0.266 e. The topological polar surface area (TPSA) is 121 Å². The van der Waals surface area contributed by atoms with Crippen LogP contribution in [0.1, 0.15) is 36.5 Å². The van der Waals surface area contributed by atoms with Gasteiger partial charge in [-0.3, -0.25) is 4.21 Å². The molecule has 5 N–H and O–H groups in total. The Kier molecular flexibility index (Phi) is 10.2. The van der Waals surface area contributed by atoms with Gasteiger partial charge < -0.3 is 21.3 Å². The van der Waals surface area contributed by atoms with Gasteiger partial charge in [0.15, 0.2) is 16.6 Å². The number of nitrogens with two attached hydrogens (primary N) is 1. The summed E-state index contributed by atoms with van der Waals surface area (Å²) in [5.74, 6) is -0.750. The highest BCUT2D eigenvalue weighted by Gasteiger charge is 2.17. The molecular formula is C26H26F4N4O3S2. The third-order valence-corrected chi connectivity index (χ3v) is 7.64. The lowest BCUT2D eigenvalue weighted by molar-refractivity contribution is 0.146. The molecule has 7 nitrogen and oxygen atoms in total. The Bertz CT molecular complexity index is 1470. The van der Waals surface area contributed by atoms with Crippen molar-refractivity contribution in [2.24, 2.45) is 0 Å². The molecule has 4 rings (SSSR count). The molecule has 39 heavy (non-hydrogen) atoms. The predicted molar refractivity (Wildman–Crippen MR) is 144 cm³/mol. The summed E-state index contributed by atoms with van der Waals surface area (Å²) >= 11 is 0.610. The number of phenolic OH excluding ortho intramolecular Hbond substituents is 2. The van der Waals surface area contributed by atoms with Gasteiger partial charge in [-0.1, -0.05) is 36.5 Å². The number of aryl methyl sites for hydroxylation is 1. The molecule has 0 aliphatic carbocycles. The molecule has 0 saturated carbocycles. The van der Waals surface area contributed by atoms with Gasteiger partial charge in [0, 0.05) is 23.4 Å². The number of nitrogens with zero attached hydrogens (tertiary/aromatic N) is 2. The first-order valence-electron chi connectivity index (χ1n) is 11.6. The Balaban J connectivity index is 0.000000223. The standard InChI is InChI=1S/C16H20N2O3S.C10H6F4N2S/c1-3-7-22(21)16-11(2)8-13(10-18-16)17-9-12-5-4-6-14(19)15(12)20;11-6-3-4(1-2-5(6)8(12)13)7-9(14)17-10(15)16-7/h4-6,8,10,17,19-20H,3,7,9H2,1-2H3;1-3,8H,(H2,15,16). The Morgan fingerprint density at radius 2 is 1.90 bits per heavy atom. The minimum Gasteiger partial charge on any atom is -0.504 e. The molecule has 0 aliphatic heterocycles. The number of aromatic nitrogens is 2. The van der Waals surface area contributed by atoms with Crippen molar-refractivity contribution in [1.29, 1.82) is 0 Å². The van der Waals surface area contributed by atoms with E-state index in [9.17, 15) is 32.0 Å². The van der Waals surface area contributed by atoms with E-state index in [1.807, 2.05) is 19.9 Å². The number of thiazole rings is 1. The van der Waals surface area contributed by atoms with Crippen LogP contribution in [-0.4, -0.2) is 30.1 Å². The molecule has 208 valence electrons. The van der Waals surface area contributed by atoms with Crippen molar-refractivity contribution in [3.8, 4) is 22.8 Å². The highest BCUT2D eigenvalue weighted by molar-refractivity contribution is 7.85. The van der Waals surface area contributed by atoms with Crippen LogP contribution in [0.2, 0.25) is 0 Å². The zero-order valence-electron chi connectivity index (χ0n) is 20.9. The van der Waals surface area contributed by atoms with Gasteiger partial charge in [-0.2, -0.15) is 4.39 Å². The highest BCUT2D eigenvalue weighted by Crippen LogP contribution is 2.31. The number of nitrogens with one attached hydrogen (secondary N) is 1. The van der Waals surface area contributed by atoms with Crippen LogP contribution >= 0.6 is 11.3 Å². The predicted octanol–water partition coefficient (Wildman–Crippen LogP) is 6.54. The van der Waals surface area contributed by atoms with Crippen molar-refractivity contribution in [2.45, 2.75) is 38.3 Å². The van der Waals surface area contributed by atoms with Crippen LogP contribution in [0.25, 0.3) is 11.3 Å². The monoisotopic (exact) mass is 582 g/mol. The molecule has 1 unspecified atom stereocenters. The van der Waals surface area contributed by atoms with Crippen LogP contribution in [-0.2, 0) is 17.3 Å². The lowest BCUT2D eigenvalue weighted by Gasteiger charge is -2.11. The van der Waals surface area contributed by atoms with Gasteiger partial charge in [-0.15, -0.1) is 0 Å². The Morgan fingerprint density at radius 3 is 2.49 bits per heavy atom. The number of hydrogen-bond donors (Lipinski definition) is 4. The maximum Gasteiger partial charge on any atom is 0.266 e. The average molecular weight is 583 g/mol. The summed E-state index contributed by atoms with van der Waals surface area (Å²) in [6, 6.07) is 9.63. The van der Waals surface area contributed by atoms with Crippen LogP contribution < -0.4 is 11.1 Å². The maximum absolute atomic E-state index is 13.3. The third-order valence-electron chi connectivity index (χ3n) is 5.33. The molecule has 2 aromatic carbocycles. The molecule has 0 amide bonds. The molecule has 0 fully saturated rings. The van der Waals surface area contributed by atoms with Crippen molar-refractivity contribution in [1.82, 2.24) is 9.97 Å². The number of phenols is 2. The van der Waals surface area contributed by atoms with E-state index >= 15 is 0 Å². The molecule has 13 heteroatoms. The van der Waals surface area contributed by atoms with Crippen LogP contribution in [0.3, 0.4) is 0 Å². The fraction of sp³-hybridized carbons (Fsp3) is 0.231. The maximum atomic E-state index is 13.3. The average Bonchev–Trinajstić information content (AvgIpc) is 3.23. The fourth-order valence-corrected chi connectivity index (χ4v) is 5.18. The Hall–Kier alpha value is -3.71. The van der Waals surface area contributed by atoms with Crippen LogP contribution in [0.4, 0.5) is 28.4 Å². The summed E-state index contributed by atoms with van der Waals surface area (Å²) in [7, 11) is -1.06. The molecular weight excluding hydrogens is 556 g/mol. The molecule has 2 heterocycles. The number of nitrogen functional groups attached to an aromatic ring is 1. The quantitative estimate of drug-likeness (QED) is 0.138. The molecule has 1 atom stereocenters. The molecule has 0 saturated heterocycles. The normalized spacial score (nSPS) is 11.7. The van der Waals surface area contributed by atoms with Gasteiger partial charge >= 0.3 is 0 Å². The van der Waals surface area contributed by atoms with Crippen LogP contribution in [0.15, 0.2) is 53.7 Å². The van der Waals surface area contributed by atoms with Crippen LogP contribution in [0.5, 0.6) is 11.5 Å². The van der Waals surface area contributed by atoms with E-state index < -0.39 is 33.7 Å². The van der Waals surface area contributed by atoms with Gasteiger partial charge in [-0.25, -0.2) is 23.1 Å². The van der Waals surface area contributed by atoms with Crippen molar-refractivity contribution < 1.29 is 32.0 Å².